The molecule has 4 aliphatic heterocycles. The van der Waals surface area contributed by atoms with Crippen molar-refractivity contribution in [2.45, 2.75) is 174 Å². The fourth-order valence-corrected chi connectivity index (χ4v) is 19.3. The number of nitrogens with one attached hydrogen (secondary N) is 2. The van der Waals surface area contributed by atoms with Gasteiger partial charge >= 0.3 is 0 Å². The maximum Gasteiger partial charge on any atom is 0.186 e. The number of rotatable bonds is 25. The molecule has 19 heteroatoms. The Morgan fingerprint density at radius 3 is 1.44 bits per heavy atom. The van der Waals surface area contributed by atoms with E-state index in [1.165, 1.54) is 59.1 Å². The van der Waals surface area contributed by atoms with Crippen molar-refractivity contribution >= 4 is 75.1 Å². The standard InChI is InChI=1S/C39H49BrN2O5SSi.C35H39BrN2O5S/c1-5-49(3,4)46-24-31-20-39-34(47-38-36(39)29(21-41-31)17-33(37(38)40)44-22-27-11-12-27)18-30(42-45-23-26-9-7-6-8-10-26)19-35(39)48-25-28-13-15-32(43-2)16-14-28;1-40-28-11-9-24(10-12-28)21-44-31-15-26(38-42-20-22-5-3-2-4-6-22)14-30-35(31)16-27(18-39)37-17-25-13-29(41-19-23-7-8-23)33(36)34(43-30)32(25)35/h6-10,13-17,27,31,34-35,41H,5,11-12,18-25H2,1-4H3;2-6,9-13,23,27,30-31,37,39H,7-8,14-21H2,1H3/t31-,34+,35+,39+;27-,30+,31+,35+/m00/s1. The van der Waals surface area contributed by atoms with Crippen LogP contribution in [0.3, 0.4) is 0 Å². The molecule has 0 amide bonds. The Labute approximate surface area is 575 Å². The van der Waals surface area contributed by atoms with Crippen molar-refractivity contribution in [1.29, 1.82) is 0 Å². The van der Waals surface area contributed by atoms with Crippen LogP contribution >= 0.6 is 55.4 Å². The lowest BCUT2D eigenvalue weighted by atomic mass is 9.64. The summed E-state index contributed by atoms with van der Waals surface area (Å²) in [5.74, 6) is 8.31. The number of methoxy groups -OCH3 is 2. The van der Waals surface area contributed by atoms with E-state index in [0.29, 0.717) is 44.6 Å². The van der Waals surface area contributed by atoms with Gasteiger partial charge in [0, 0.05) is 90.6 Å². The Morgan fingerprint density at radius 2 is 1.02 bits per heavy atom. The molecule has 14 rings (SSSR count). The van der Waals surface area contributed by atoms with E-state index in [1.54, 1.807) is 14.2 Å². The molecular weight excluding hydrogens is 1360 g/mol. The summed E-state index contributed by atoms with van der Waals surface area (Å²) >= 11 is 11.8. The average Bonchev–Trinajstić information content (AvgIpc) is 1.57. The SMILES string of the molecule is CC[Si](C)(C)OC[C@@H]1C[C@@]23c4c(cc(OCC5CC5)c(Br)c4O[C@@H]2CC(=NOCc2ccccc2)C[C@H]3SCc2ccc(OC)cc2)CN1.COc1ccc(CS[C@@H]2CC(=NOCc3ccccc3)C[C@H]3Oc4c(Br)c(OCC5CC5)cc5c4[C@]32C[C@@H](CO)NC5)cc1. The highest BCUT2D eigenvalue weighted by Gasteiger charge is 2.62. The zero-order chi connectivity index (χ0) is 64.1. The van der Waals surface area contributed by atoms with E-state index in [0.717, 1.165) is 135 Å². The number of halogens is 2. The Bertz CT molecular complexity index is 3610. The van der Waals surface area contributed by atoms with Gasteiger partial charge in [-0.3, -0.25) is 0 Å². The lowest BCUT2D eigenvalue weighted by Gasteiger charge is -2.46. The maximum absolute atomic E-state index is 10.5. The maximum atomic E-state index is 10.5. The minimum Gasteiger partial charge on any atom is -0.497 e. The normalized spacial score (nSPS) is 25.8. The molecule has 0 bridgehead atoms. The molecule has 4 saturated carbocycles. The summed E-state index contributed by atoms with van der Waals surface area (Å²) in [4.78, 5) is 11.9. The first-order chi connectivity index (χ1) is 45.3. The average molecular weight is 1450 g/mol. The van der Waals surface area contributed by atoms with Crippen molar-refractivity contribution in [2.75, 3.05) is 40.6 Å². The first-order valence-corrected chi connectivity index (χ1v) is 40.1. The van der Waals surface area contributed by atoms with Crippen molar-refractivity contribution in [2.24, 2.45) is 22.1 Å². The molecule has 3 N–H and O–H groups in total. The van der Waals surface area contributed by atoms with E-state index in [1.807, 2.05) is 72.1 Å². The Balaban J connectivity index is 0.000000170. The molecule has 0 saturated heterocycles. The highest BCUT2D eigenvalue weighted by Crippen LogP contribution is 2.63. The Kier molecular flexibility index (Phi) is 21.2. The predicted molar refractivity (Wildman–Crippen MR) is 380 cm³/mol. The van der Waals surface area contributed by atoms with Crippen LogP contribution < -0.4 is 39.1 Å². The molecule has 4 aliphatic carbocycles. The molecule has 0 unspecified atom stereocenters. The van der Waals surface area contributed by atoms with Gasteiger partial charge in [-0.25, -0.2) is 0 Å². The van der Waals surface area contributed by atoms with E-state index in [4.69, 9.17) is 52.8 Å². The van der Waals surface area contributed by atoms with Crippen LogP contribution in [0.4, 0.5) is 0 Å². The number of benzene rings is 6. The number of aliphatic hydroxyl groups is 1. The summed E-state index contributed by atoms with van der Waals surface area (Å²) in [7, 11) is 1.66. The molecule has 0 radical (unpaired) electrons. The second-order valence-corrected chi connectivity index (χ2v) is 35.5. The summed E-state index contributed by atoms with van der Waals surface area (Å²) in [5.41, 5.74) is 11.3. The van der Waals surface area contributed by atoms with Gasteiger partial charge in [0.2, 0.25) is 0 Å². The third-order valence-corrected chi connectivity index (χ3v) is 27.3. The fourth-order valence-electron chi connectivity index (χ4n) is 14.2. The summed E-state index contributed by atoms with van der Waals surface area (Å²) in [6.07, 6.45) is 9.45. The van der Waals surface area contributed by atoms with Crippen LogP contribution in [0.15, 0.2) is 141 Å². The quantitative estimate of drug-likeness (QED) is 0.0368. The van der Waals surface area contributed by atoms with E-state index < -0.39 is 8.32 Å². The molecule has 6 aromatic rings. The monoisotopic (exact) mass is 1440 g/mol. The van der Waals surface area contributed by atoms with Crippen LogP contribution in [0.25, 0.3) is 0 Å². The van der Waals surface area contributed by atoms with Crippen molar-refractivity contribution in [1.82, 2.24) is 10.6 Å². The minimum atomic E-state index is -1.74. The van der Waals surface area contributed by atoms with Crippen LogP contribution in [-0.2, 0) is 62.7 Å². The van der Waals surface area contributed by atoms with Gasteiger partial charge in [-0.1, -0.05) is 102 Å². The molecule has 0 aromatic heterocycles. The summed E-state index contributed by atoms with van der Waals surface area (Å²) in [6, 6.07) is 42.9. The van der Waals surface area contributed by atoms with Crippen LogP contribution in [0, 0.1) is 11.8 Å². The van der Waals surface area contributed by atoms with Gasteiger partial charge in [-0.15, -0.1) is 0 Å². The predicted octanol–water partition coefficient (Wildman–Crippen LogP) is 15.8. The minimum absolute atomic E-state index is 0.0500. The van der Waals surface area contributed by atoms with Crippen LogP contribution in [0.1, 0.15) is 116 Å². The van der Waals surface area contributed by atoms with Crippen molar-refractivity contribution in [3.8, 4) is 34.5 Å². The summed E-state index contributed by atoms with van der Waals surface area (Å²) < 4.78 is 46.3. The van der Waals surface area contributed by atoms with Gasteiger partial charge in [-0.2, -0.15) is 23.5 Å². The number of oxime groups is 2. The fraction of sp³-hybridized carbons (Fsp3) is 0.486. The third kappa shape index (κ3) is 15.0. The van der Waals surface area contributed by atoms with Crippen LogP contribution in [0.2, 0.25) is 19.1 Å². The van der Waals surface area contributed by atoms with Gasteiger partial charge in [-0.05, 0) is 171 Å². The largest absolute Gasteiger partial charge is 0.497 e. The number of hydrogen-bond donors (Lipinski definition) is 3. The van der Waals surface area contributed by atoms with Crippen molar-refractivity contribution < 1.29 is 47.6 Å². The zero-order valence-corrected chi connectivity index (χ0v) is 59.9. The Morgan fingerprint density at radius 1 is 0.581 bits per heavy atom. The molecular formula is C74H88Br2N4O10S2Si. The zero-order valence-electron chi connectivity index (χ0n) is 54.1. The third-order valence-electron chi connectivity index (χ3n) is 20.1. The molecule has 8 aliphatic rings. The lowest BCUT2D eigenvalue weighted by Crippen LogP contribution is -2.55. The smallest absolute Gasteiger partial charge is 0.186 e. The number of nitrogens with zero attached hydrogens (tertiary/aromatic N) is 2. The van der Waals surface area contributed by atoms with Crippen LogP contribution in [0.5, 0.6) is 34.5 Å². The van der Waals surface area contributed by atoms with Crippen LogP contribution in [-0.4, -0.2) is 100 Å². The molecule has 93 heavy (non-hydrogen) atoms. The molecule has 494 valence electrons. The highest BCUT2D eigenvalue weighted by molar-refractivity contribution is 9.11. The lowest BCUT2D eigenvalue weighted by molar-refractivity contribution is 0.101. The summed E-state index contributed by atoms with van der Waals surface area (Å²) in [5, 5.41) is 27.9. The first-order valence-electron chi connectivity index (χ1n) is 33.3. The van der Waals surface area contributed by atoms with E-state index in [-0.39, 0.29) is 52.2 Å². The van der Waals surface area contributed by atoms with Gasteiger partial charge in [0.05, 0.1) is 56.3 Å². The second-order valence-electron chi connectivity index (χ2n) is 27.0. The van der Waals surface area contributed by atoms with Gasteiger partial charge in [0.15, 0.2) is 8.32 Å². The van der Waals surface area contributed by atoms with Crippen molar-refractivity contribution in [3.05, 3.63) is 175 Å². The van der Waals surface area contributed by atoms with E-state index >= 15 is 0 Å². The number of ether oxygens (including phenoxy) is 6. The topological polar surface area (TPSA) is 152 Å². The molecule has 6 aromatic carbocycles. The van der Waals surface area contributed by atoms with Gasteiger partial charge < -0.3 is 58.3 Å². The second kappa shape index (κ2) is 29.6. The number of thioether (sulfide) groups is 2. The van der Waals surface area contributed by atoms with Crippen molar-refractivity contribution in [3.63, 3.8) is 0 Å². The van der Waals surface area contributed by atoms with E-state index in [9.17, 15) is 5.11 Å². The molecule has 4 heterocycles. The van der Waals surface area contributed by atoms with E-state index in [2.05, 4.69) is 135 Å². The molecule has 14 nitrogen and oxygen atoms in total. The number of aliphatic hydroxyl groups excluding tert-OH is 1. The Hall–Kier alpha value is -5.22. The molecule has 8 atom stereocenters. The summed E-state index contributed by atoms with van der Waals surface area (Å²) in [6.45, 7) is 11.4. The van der Waals surface area contributed by atoms with Gasteiger partial charge in [0.25, 0.3) is 0 Å². The first kappa shape index (κ1) is 66.4. The molecule has 4 fully saturated rings. The highest BCUT2D eigenvalue weighted by atomic mass is 79.9. The van der Waals surface area contributed by atoms with Gasteiger partial charge in [0.1, 0.15) is 68.9 Å². The molecule has 2 spiro atoms. The number of hydrogen-bond acceptors (Lipinski definition) is 16.